The molecule has 0 spiro atoms. The average molecular weight is 298 g/mol. The standard InChI is InChI=1S/C13H16ClN3O3/c1-13(2,3)20-7-10-15-16-11-9(14)5-8(6-17(10)11)12(18)19-4/h5-6H,7H2,1-4H3. The van der Waals surface area contributed by atoms with Gasteiger partial charge in [-0.3, -0.25) is 4.40 Å². The van der Waals surface area contributed by atoms with E-state index in [0.717, 1.165) is 0 Å². The number of hydrogen-bond donors (Lipinski definition) is 0. The fourth-order valence-corrected chi connectivity index (χ4v) is 1.85. The summed E-state index contributed by atoms with van der Waals surface area (Å²) in [6, 6.07) is 1.51. The lowest BCUT2D eigenvalue weighted by Crippen LogP contribution is -2.19. The Bertz CT molecular complexity index is 646. The molecule has 2 heterocycles. The molecule has 20 heavy (non-hydrogen) atoms. The van der Waals surface area contributed by atoms with Crippen LogP contribution in [-0.2, 0) is 16.1 Å². The van der Waals surface area contributed by atoms with Crippen LogP contribution in [0, 0.1) is 0 Å². The van der Waals surface area contributed by atoms with Gasteiger partial charge in [0, 0.05) is 6.20 Å². The van der Waals surface area contributed by atoms with Crippen LogP contribution in [0.5, 0.6) is 0 Å². The van der Waals surface area contributed by atoms with Crippen LogP contribution in [0.3, 0.4) is 0 Å². The Balaban J connectivity index is 2.42. The Hall–Kier alpha value is -1.66. The van der Waals surface area contributed by atoms with E-state index >= 15 is 0 Å². The molecule has 0 aromatic carbocycles. The van der Waals surface area contributed by atoms with Crippen molar-refractivity contribution in [3.63, 3.8) is 0 Å². The molecule has 0 aliphatic heterocycles. The van der Waals surface area contributed by atoms with Gasteiger partial charge in [0.2, 0.25) is 0 Å². The van der Waals surface area contributed by atoms with Gasteiger partial charge in [0.15, 0.2) is 11.5 Å². The molecular weight excluding hydrogens is 282 g/mol. The fourth-order valence-electron chi connectivity index (χ4n) is 1.61. The van der Waals surface area contributed by atoms with Gasteiger partial charge in [-0.15, -0.1) is 10.2 Å². The van der Waals surface area contributed by atoms with E-state index in [1.165, 1.54) is 13.2 Å². The number of halogens is 1. The molecule has 0 fully saturated rings. The minimum Gasteiger partial charge on any atom is -0.465 e. The van der Waals surface area contributed by atoms with E-state index in [1.807, 2.05) is 20.8 Å². The first-order valence-corrected chi connectivity index (χ1v) is 6.45. The van der Waals surface area contributed by atoms with Crippen molar-refractivity contribution in [2.45, 2.75) is 33.0 Å². The second-order valence-electron chi connectivity index (χ2n) is 5.28. The molecule has 0 aliphatic rings. The third kappa shape index (κ3) is 3.08. The van der Waals surface area contributed by atoms with Gasteiger partial charge in [-0.25, -0.2) is 4.79 Å². The lowest BCUT2D eigenvalue weighted by atomic mass is 10.2. The van der Waals surface area contributed by atoms with Crippen LogP contribution in [0.15, 0.2) is 12.3 Å². The Labute approximate surface area is 121 Å². The highest BCUT2D eigenvalue weighted by Gasteiger charge is 2.17. The summed E-state index contributed by atoms with van der Waals surface area (Å²) in [4.78, 5) is 11.6. The van der Waals surface area contributed by atoms with Crippen LogP contribution < -0.4 is 0 Å². The molecule has 0 radical (unpaired) electrons. The molecule has 2 aromatic heterocycles. The van der Waals surface area contributed by atoms with Gasteiger partial charge in [0.25, 0.3) is 0 Å². The molecule has 7 heteroatoms. The third-order valence-corrected chi connectivity index (χ3v) is 2.86. The predicted octanol–water partition coefficient (Wildman–Crippen LogP) is 2.48. The summed E-state index contributed by atoms with van der Waals surface area (Å²) >= 11 is 6.09. The van der Waals surface area contributed by atoms with Crippen molar-refractivity contribution in [3.05, 3.63) is 28.7 Å². The Kier molecular flexibility index (Phi) is 3.96. The molecule has 2 rings (SSSR count). The van der Waals surface area contributed by atoms with Gasteiger partial charge < -0.3 is 9.47 Å². The Morgan fingerprint density at radius 3 is 2.70 bits per heavy atom. The summed E-state index contributed by atoms with van der Waals surface area (Å²) in [5.41, 5.74) is 0.518. The van der Waals surface area contributed by atoms with Crippen molar-refractivity contribution in [3.8, 4) is 0 Å². The minimum atomic E-state index is -0.467. The summed E-state index contributed by atoms with van der Waals surface area (Å²) in [5.74, 6) is 0.104. The molecule has 0 atom stereocenters. The van der Waals surface area contributed by atoms with Gasteiger partial charge in [0.1, 0.15) is 6.61 Å². The summed E-state index contributed by atoms with van der Waals surface area (Å²) in [7, 11) is 1.32. The highest BCUT2D eigenvalue weighted by Crippen LogP contribution is 2.20. The van der Waals surface area contributed by atoms with Gasteiger partial charge >= 0.3 is 5.97 Å². The number of hydrogen-bond acceptors (Lipinski definition) is 5. The van der Waals surface area contributed by atoms with Crippen LogP contribution in [0.25, 0.3) is 5.65 Å². The Morgan fingerprint density at radius 1 is 1.40 bits per heavy atom. The number of ether oxygens (including phenoxy) is 2. The zero-order valence-electron chi connectivity index (χ0n) is 11.8. The Morgan fingerprint density at radius 2 is 2.10 bits per heavy atom. The zero-order valence-corrected chi connectivity index (χ0v) is 12.6. The summed E-state index contributed by atoms with van der Waals surface area (Å²) in [6.45, 7) is 6.11. The molecule has 108 valence electrons. The first-order chi connectivity index (χ1) is 9.31. The molecule has 0 unspecified atom stereocenters. The number of carbonyl (C=O) groups is 1. The first kappa shape index (κ1) is 14.7. The monoisotopic (exact) mass is 297 g/mol. The van der Waals surface area contributed by atoms with E-state index in [4.69, 9.17) is 16.3 Å². The largest absolute Gasteiger partial charge is 0.465 e. The van der Waals surface area contributed by atoms with E-state index in [0.29, 0.717) is 22.1 Å². The van der Waals surface area contributed by atoms with Crippen LogP contribution in [0.4, 0.5) is 0 Å². The molecule has 2 aromatic rings. The fraction of sp³-hybridized carbons (Fsp3) is 0.462. The molecule has 6 nitrogen and oxygen atoms in total. The minimum absolute atomic E-state index is 0.269. The van der Waals surface area contributed by atoms with Gasteiger partial charge in [-0.05, 0) is 26.8 Å². The highest BCUT2D eigenvalue weighted by atomic mass is 35.5. The number of fused-ring (bicyclic) bond motifs is 1. The average Bonchev–Trinajstić information content (AvgIpc) is 2.78. The van der Waals surface area contributed by atoms with Crippen LogP contribution in [-0.4, -0.2) is 33.3 Å². The topological polar surface area (TPSA) is 65.7 Å². The van der Waals surface area contributed by atoms with E-state index in [1.54, 1.807) is 10.6 Å². The lowest BCUT2D eigenvalue weighted by Gasteiger charge is -2.18. The third-order valence-electron chi connectivity index (χ3n) is 2.59. The molecule has 0 bridgehead atoms. The van der Waals surface area contributed by atoms with E-state index in [9.17, 15) is 4.79 Å². The number of carbonyl (C=O) groups excluding carboxylic acids is 1. The second kappa shape index (κ2) is 5.38. The van der Waals surface area contributed by atoms with E-state index < -0.39 is 5.97 Å². The number of nitrogens with zero attached hydrogens (tertiary/aromatic N) is 3. The molecule has 0 saturated heterocycles. The molecule has 0 saturated carbocycles. The van der Waals surface area contributed by atoms with Crippen molar-refractivity contribution in [2.75, 3.05) is 7.11 Å². The number of esters is 1. The van der Waals surface area contributed by atoms with Crippen molar-refractivity contribution in [2.24, 2.45) is 0 Å². The smallest absolute Gasteiger partial charge is 0.339 e. The van der Waals surface area contributed by atoms with E-state index in [-0.39, 0.29) is 12.2 Å². The maximum absolute atomic E-state index is 11.6. The quantitative estimate of drug-likeness (QED) is 0.814. The summed E-state index contributed by atoms with van der Waals surface area (Å²) in [5, 5.41) is 8.37. The van der Waals surface area contributed by atoms with Crippen LogP contribution in [0.1, 0.15) is 37.0 Å². The lowest BCUT2D eigenvalue weighted by molar-refractivity contribution is -0.0184. The highest BCUT2D eigenvalue weighted by molar-refractivity contribution is 6.33. The van der Waals surface area contributed by atoms with Crippen LogP contribution >= 0.6 is 11.6 Å². The molecule has 0 N–H and O–H groups in total. The zero-order chi connectivity index (χ0) is 14.9. The van der Waals surface area contributed by atoms with Gasteiger partial charge in [-0.2, -0.15) is 0 Å². The normalized spacial score (nSPS) is 11.8. The van der Waals surface area contributed by atoms with Gasteiger partial charge in [0.05, 0.1) is 23.3 Å². The summed E-state index contributed by atoms with van der Waals surface area (Å²) in [6.07, 6.45) is 1.59. The molecular formula is C13H16ClN3O3. The SMILES string of the molecule is COC(=O)c1cc(Cl)c2nnc(COC(C)(C)C)n2c1. The number of methoxy groups -OCH3 is 1. The van der Waals surface area contributed by atoms with Crippen molar-refractivity contribution >= 4 is 23.2 Å². The predicted molar refractivity (Wildman–Crippen MR) is 73.9 cm³/mol. The summed E-state index contributed by atoms with van der Waals surface area (Å²) < 4.78 is 12.0. The number of pyridine rings is 1. The van der Waals surface area contributed by atoms with Crippen LogP contribution in [0.2, 0.25) is 5.02 Å². The maximum Gasteiger partial charge on any atom is 0.339 e. The maximum atomic E-state index is 11.6. The van der Waals surface area contributed by atoms with E-state index in [2.05, 4.69) is 14.9 Å². The molecule has 0 amide bonds. The number of rotatable bonds is 3. The second-order valence-corrected chi connectivity index (χ2v) is 5.69. The first-order valence-electron chi connectivity index (χ1n) is 6.07. The number of aromatic nitrogens is 3. The van der Waals surface area contributed by atoms with Crippen molar-refractivity contribution < 1.29 is 14.3 Å². The van der Waals surface area contributed by atoms with Crippen molar-refractivity contribution in [1.82, 2.24) is 14.6 Å². The van der Waals surface area contributed by atoms with Gasteiger partial charge in [-0.1, -0.05) is 11.6 Å². The van der Waals surface area contributed by atoms with Crippen molar-refractivity contribution in [1.29, 1.82) is 0 Å². The molecule has 0 aliphatic carbocycles.